The highest BCUT2D eigenvalue weighted by Crippen LogP contribution is 2.10. The Hall–Kier alpha value is -0.800. The number of rotatable bonds is 2. The third-order valence-corrected chi connectivity index (χ3v) is 2.31. The van der Waals surface area contributed by atoms with Crippen LogP contribution in [0.2, 0.25) is 5.02 Å². The molecule has 1 aromatic carbocycles. The van der Waals surface area contributed by atoms with Gasteiger partial charge in [-0.2, -0.15) is 0 Å². The molecule has 16 heavy (non-hydrogen) atoms. The Balaban J connectivity index is 2.43. The van der Waals surface area contributed by atoms with Gasteiger partial charge >= 0.3 is 0 Å². The molecular formula is C12H17ClN2S. The van der Waals surface area contributed by atoms with Crippen LogP contribution in [0, 0.1) is 0 Å². The molecule has 0 bridgehead atoms. The van der Waals surface area contributed by atoms with Gasteiger partial charge in [0.05, 0.1) is 0 Å². The highest BCUT2D eigenvalue weighted by molar-refractivity contribution is 7.80. The lowest BCUT2D eigenvalue weighted by Crippen LogP contribution is -2.45. The topological polar surface area (TPSA) is 24.1 Å². The summed E-state index contributed by atoms with van der Waals surface area (Å²) in [5, 5.41) is 7.74. The Labute approximate surface area is 107 Å². The zero-order valence-corrected chi connectivity index (χ0v) is 11.4. The molecule has 88 valence electrons. The minimum absolute atomic E-state index is 0.0155. The van der Waals surface area contributed by atoms with Gasteiger partial charge < -0.3 is 10.6 Å². The minimum Gasteiger partial charge on any atom is -0.359 e. The Bertz CT molecular complexity index is 372. The van der Waals surface area contributed by atoms with Crippen molar-refractivity contribution in [2.24, 2.45) is 0 Å². The van der Waals surface area contributed by atoms with E-state index in [0.29, 0.717) is 11.7 Å². The van der Waals surface area contributed by atoms with Crippen LogP contribution in [0.3, 0.4) is 0 Å². The minimum atomic E-state index is -0.0155. The van der Waals surface area contributed by atoms with Gasteiger partial charge in [0.25, 0.3) is 0 Å². The summed E-state index contributed by atoms with van der Waals surface area (Å²) in [6.45, 7) is 6.89. The molecule has 0 heterocycles. The number of halogens is 1. The van der Waals surface area contributed by atoms with Crippen LogP contribution in [0.15, 0.2) is 24.3 Å². The van der Waals surface area contributed by atoms with Gasteiger partial charge in [0, 0.05) is 17.1 Å². The maximum atomic E-state index is 5.89. The van der Waals surface area contributed by atoms with Crippen molar-refractivity contribution in [3.63, 3.8) is 0 Å². The third-order valence-electron chi connectivity index (χ3n) is 1.83. The van der Waals surface area contributed by atoms with Crippen molar-refractivity contribution >= 4 is 28.9 Å². The van der Waals surface area contributed by atoms with Gasteiger partial charge in [-0.15, -0.1) is 0 Å². The van der Waals surface area contributed by atoms with E-state index in [1.54, 1.807) is 0 Å². The van der Waals surface area contributed by atoms with Crippen molar-refractivity contribution in [1.82, 2.24) is 10.6 Å². The highest BCUT2D eigenvalue weighted by atomic mass is 35.5. The number of benzene rings is 1. The molecule has 2 nitrogen and oxygen atoms in total. The Kier molecular flexibility index (Phi) is 4.56. The first-order chi connectivity index (χ1) is 7.37. The summed E-state index contributed by atoms with van der Waals surface area (Å²) in [5.74, 6) is 0. The summed E-state index contributed by atoms with van der Waals surface area (Å²) >= 11 is 11.1. The molecule has 0 fully saturated rings. The van der Waals surface area contributed by atoms with Crippen molar-refractivity contribution in [3.05, 3.63) is 34.9 Å². The van der Waals surface area contributed by atoms with E-state index in [-0.39, 0.29) is 5.54 Å². The van der Waals surface area contributed by atoms with E-state index >= 15 is 0 Å². The Morgan fingerprint density at radius 1 is 1.38 bits per heavy atom. The van der Waals surface area contributed by atoms with Gasteiger partial charge in [-0.05, 0) is 50.7 Å². The molecule has 0 saturated carbocycles. The van der Waals surface area contributed by atoms with Gasteiger partial charge in [0.1, 0.15) is 0 Å². The van der Waals surface area contributed by atoms with Crippen LogP contribution in [0.25, 0.3) is 0 Å². The van der Waals surface area contributed by atoms with E-state index in [1.165, 1.54) is 0 Å². The largest absolute Gasteiger partial charge is 0.359 e. The molecule has 0 spiro atoms. The van der Waals surface area contributed by atoms with E-state index < -0.39 is 0 Å². The molecule has 2 N–H and O–H groups in total. The molecule has 0 radical (unpaired) electrons. The molecule has 1 rings (SSSR count). The van der Waals surface area contributed by atoms with E-state index in [0.717, 1.165) is 10.6 Å². The van der Waals surface area contributed by atoms with Crippen LogP contribution in [0.1, 0.15) is 26.3 Å². The summed E-state index contributed by atoms with van der Waals surface area (Å²) in [4.78, 5) is 0. The van der Waals surface area contributed by atoms with Gasteiger partial charge in [-0.1, -0.05) is 23.7 Å². The number of nitrogens with one attached hydrogen (secondary N) is 2. The first-order valence-corrected chi connectivity index (χ1v) is 5.96. The quantitative estimate of drug-likeness (QED) is 0.796. The lowest BCUT2D eigenvalue weighted by Gasteiger charge is -2.23. The number of hydrogen-bond acceptors (Lipinski definition) is 1. The molecule has 1 aromatic rings. The Morgan fingerprint density at radius 3 is 2.62 bits per heavy atom. The molecular weight excluding hydrogens is 240 g/mol. The van der Waals surface area contributed by atoms with Crippen LogP contribution in [0.5, 0.6) is 0 Å². The summed E-state index contributed by atoms with van der Waals surface area (Å²) in [5.41, 5.74) is 1.10. The smallest absolute Gasteiger partial charge is 0.166 e. The van der Waals surface area contributed by atoms with E-state index in [4.69, 9.17) is 23.8 Å². The number of hydrogen-bond donors (Lipinski definition) is 2. The van der Waals surface area contributed by atoms with Crippen LogP contribution < -0.4 is 10.6 Å². The zero-order valence-electron chi connectivity index (χ0n) is 9.80. The Morgan fingerprint density at radius 2 is 2.06 bits per heavy atom. The fraction of sp³-hybridized carbons (Fsp3) is 0.417. The second-order valence-electron chi connectivity index (χ2n) is 4.69. The molecule has 0 amide bonds. The monoisotopic (exact) mass is 256 g/mol. The van der Waals surface area contributed by atoms with Crippen molar-refractivity contribution in [2.75, 3.05) is 0 Å². The zero-order chi connectivity index (χ0) is 12.2. The highest BCUT2D eigenvalue weighted by Gasteiger charge is 2.10. The van der Waals surface area contributed by atoms with Gasteiger partial charge in [-0.25, -0.2) is 0 Å². The first-order valence-electron chi connectivity index (χ1n) is 5.17. The predicted molar refractivity (Wildman–Crippen MR) is 73.8 cm³/mol. The summed E-state index contributed by atoms with van der Waals surface area (Å²) in [6.07, 6.45) is 0. The summed E-state index contributed by atoms with van der Waals surface area (Å²) in [6, 6.07) is 7.73. The lowest BCUT2D eigenvalue weighted by molar-refractivity contribution is 0.506. The van der Waals surface area contributed by atoms with E-state index in [2.05, 4.69) is 31.4 Å². The first kappa shape index (κ1) is 13.3. The molecule has 4 heteroatoms. The molecule has 0 unspecified atom stereocenters. The van der Waals surface area contributed by atoms with Crippen LogP contribution in [-0.2, 0) is 6.54 Å². The molecule has 0 aromatic heterocycles. The fourth-order valence-electron chi connectivity index (χ4n) is 1.21. The summed E-state index contributed by atoms with van der Waals surface area (Å²) < 4.78 is 0. The molecule has 0 atom stereocenters. The van der Waals surface area contributed by atoms with Crippen molar-refractivity contribution in [1.29, 1.82) is 0 Å². The SMILES string of the molecule is CC(C)(C)NC(=S)NCc1cccc(Cl)c1. The van der Waals surface area contributed by atoms with E-state index in [9.17, 15) is 0 Å². The summed E-state index contributed by atoms with van der Waals surface area (Å²) in [7, 11) is 0. The molecule has 0 aliphatic rings. The van der Waals surface area contributed by atoms with Crippen molar-refractivity contribution in [2.45, 2.75) is 32.9 Å². The van der Waals surface area contributed by atoms with Gasteiger partial charge in [0.2, 0.25) is 0 Å². The number of thiocarbonyl (C=S) groups is 1. The fourth-order valence-corrected chi connectivity index (χ4v) is 1.81. The average Bonchev–Trinajstić information content (AvgIpc) is 2.12. The third kappa shape index (κ3) is 5.33. The van der Waals surface area contributed by atoms with Crippen LogP contribution >= 0.6 is 23.8 Å². The van der Waals surface area contributed by atoms with Gasteiger partial charge in [-0.3, -0.25) is 0 Å². The van der Waals surface area contributed by atoms with E-state index in [1.807, 2.05) is 24.3 Å². The van der Waals surface area contributed by atoms with Crippen molar-refractivity contribution < 1.29 is 0 Å². The second kappa shape index (κ2) is 5.51. The van der Waals surface area contributed by atoms with Crippen molar-refractivity contribution in [3.8, 4) is 0 Å². The molecule has 0 aliphatic heterocycles. The molecule has 0 aliphatic carbocycles. The average molecular weight is 257 g/mol. The lowest BCUT2D eigenvalue weighted by atomic mass is 10.1. The predicted octanol–water partition coefficient (Wildman–Crippen LogP) is 3.10. The maximum absolute atomic E-state index is 5.89. The van der Waals surface area contributed by atoms with Crippen LogP contribution in [-0.4, -0.2) is 10.7 Å². The standard InChI is InChI=1S/C12H17ClN2S/c1-12(2,3)15-11(16)14-8-9-5-4-6-10(13)7-9/h4-7H,8H2,1-3H3,(H2,14,15,16). The molecule has 0 saturated heterocycles. The maximum Gasteiger partial charge on any atom is 0.166 e. The van der Waals surface area contributed by atoms with Gasteiger partial charge in [0.15, 0.2) is 5.11 Å². The van der Waals surface area contributed by atoms with Crippen LogP contribution in [0.4, 0.5) is 0 Å². The second-order valence-corrected chi connectivity index (χ2v) is 5.53. The normalized spacial score (nSPS) is 11.0.